The molecule has 2 aliphatic rings. The lowest BCUT2D eigenvalue weighted by Gasteiger charge is -2.36. The minimum atomic E-state index is -0.0310. The number of hydrogen-bond donors (Lipinski definition) is 0. The molecule has 0 N–H and O–H groups in total. The van der Waals surface area contributed by atoms with Gasteiger partial charge >= 0.3 is 0 Å². The van der Waals surface area contributed by atoms with Crippen LogP contribution in [0.1, 0.15) is 16.2 Å². The van der Waals surface area contributed by atoms with Crippen molar-refractivity contribution in [3.05, 3.63) is 41.7 Å². The average molecular weight is 486 g/mol. The van der Waals surface area contributed by atoms with Gasteiger partial charge < -0.3 is 28.7 Å². The maximum Gasteiger partial charge on any atom is 0.253 e. The van der Waals surface area contributed by atoms with Gasteiger partial charge in [-0.3, -0.25) is 14.5 Å². The van der Waals surface area contributed by atoms with Gasteiger partial charge in [-0.25, -0.2) is 0 Å². The van der Waals surface area contributed by atoms with Gasteiger partial charge in [-0.2, -0.15) is 9.97 Å². The van der Waals surface area contributed by atoms with Gasteiger partial charge in [0.15, 0.2) is 5.82 Å². The molecule has 1 aromatic heterocycles. The van der Waals surface area contributed by atoms with E-state index in [-0.39, 0.29) is 18.4 Å². The summed E-state index contributed by atoms with van der Waals surface area (Å²) in [6, 6.07) is 8.59. The SMILES string of the molecule is COc1cc(OC)nc(COc2ccc(C(=O)N3CCN(CC(=O)N4CCOCC4)CC3)cc2)n1. The highest BCUT2D eigenvalue weighted by Gasteiger charge is 2.25. The summed E-state index contributed by atoms with van der Waals surface area (Å²) in [5, 5.41) is 0. The van der Waals surface area contributed by atoms with Crippen LogP contribution >= 0.6 is 0 Å². The highest BCUT2D eigenvalue weighted by molar-refractivity contribution is 5.94. The molecule has 3 heterocycles. The molecule has 188 valence electrons. The van der Waals surface area contributed by atoms with Crippen LogP contribution in [0.3, 0.4) is 0 Å². The van der Waals surface area contributed by atoms with Crippen molar-refractivity contribution in [2.24, 2.45) is 0 Å². The summed E-state index contributed by atoms with van der Waals surface area (Å²) in [4.78, 5) is 39.7. The van der Waals surface area contributed by atoms with Crippen molar-refractivity contribution in [2.45, 2.75) is 6.61 Å². The van der Waals surface area contributed by atoms with E-state index < -0.39 is 0 Å². The van der Waals surface area contributed by atoms with E-state index in [1.54, 1.807) is 30.3 Å². The van der Waals surface area contributed by atoms with Crippen LogP contribution in [0, 0.1) is 0 Å². The Labute approximate surface area is 204 Å². The number of aromatic nitrogens is 2. The Morgan fingerprint density at radius 2 is 1.51 bits per heavy atom. The van der Waals surface area contributed by atoms with Crippen LogP contribution in [0.5, 0.6) is 17.5 Å². The van der Waals surface area contributed by atoms with Crippen molar-refractivity contribution in [1.82, 2.24) is 24.7 Å². The molecule has 0 spiro atoms. The molecule has 11 nitrogen and oxygen atoms in total. The van der Waals surface area contributed by atoms with Gasteiger partial charge in [0.1, 0.15) is 12.4 Å². The van der Waals surface area contributed by atoms with E-state index in [1.165, 1.54) is 14.2 Å². The van der Waals surface area contributed by atoms with Crippen molar-refractivity contribution < 1.29 is 28.5 Å². The standard InChI is InChI=1S/C24H31N5O6/c1-32-21-15-22(33-2)26-20(25-21)17-35-19-5-3-18(4-6-19)24(31)29-9-7-27(8-10-29)16-23(30)28-11-13-34-14-12-28/h3-6,15H,7-14,16-17H2,1-2H3. The third kappa shape index (κ3) is 6.58. The van der Waals surface area contributed by atoms with Crippen molar-refractivity contribution in [2.75, 3.05) is 73.2 Å². The zero-order valence-electron chi connectivity index (χ0n) is 20.1. The first kappa shape index (κ1) is 24.7. The Kier molecular flexibility index (Phi) is 8.32. The number of nitrogens with zero attached hydrogens (tertiary/aromatic N) is 5. The molecule has 0 atom stereocenters. The predicted octanol–water partition coefficient (Wildman–Crippen LogP) is 0.689. The molecular formula is C24H31N5O6. The minimum absolute atomic E-state index is 0.0310. The van der Waals surface area contributed by atoms with E-state index in [0.29, 0.717) is 87.9 Å². The van der Waals surface area contributed by atoms with Crippen LogP contribution in [-0.2, 0) is 16.1 Å². The van der Waals surface area contributed by atoms with Crippen LogP contribution in [0.2, 0.25) is 0 Å². The second-order valence-corrected chi connectivity index (χ2v) is 8.24. The van der Waals surface area contributed by atoms with Crippen LogP contribution in [-0.4, -0.2) is 110 Å². The molecule has 2 aliphatic heterocycles. The van der Waals surface area contributed by atoms with Crippen molar-refractivity contribution >= 4 is 11.8 Å². The molecule has 0 saturated carbocycles. The first-order valence-electron chi connectivity index (χ1n) is 11.6. The number of ether oxygens (including phenoxy) is 4. The van der Waals surface area contributed by atoms with E-state index in [9.17, 15) is 9.59 Å². The normalized spacial score (nSPS) is 16.6. The van der Waals surface area contributed by atoms with E-state index in [4.69, 9.17) is 18.9 Å². The minimum Gasteiger partial charge on any atom is -0.486 e. The number of carbonyl (C=O) groups excluding carboxylic acids is 2. The molecule has 0 aliphatic carbocycles. The lowest BCUT2D eigenvalue weighted by molar-refractivity contribution is -0.136. The van der Waals surface area contributed by atoms with Gasteiger partial charge in [0.2, 0.25) is 17.7 Å². The van der Waals surface area contributed by atoms with Crippen LogP contribution in [0.25, 0.3) is 0 Å². The van der Waals surface area contributed by atoms with E-state index in [1.807, 2.05) is 9.80 Å². The molecule has 2 aromatic rings. The second-order valence-electron chi connectivity index (χ2n) is 8.24. The highest BCUT2D eigenvalue weighted by atomic mass is 16.5. The molecule has 11 heteroatoms. The fourth-order valence-corrected chi connectivity index (χ4v) is 3.96. The molecule has 0 radical (unpaired) electrons. The summed E-state index contributed by atoms with van der Waals surface area (Å²) < 4.78 is 21.4. The summed E-state index contributed by atoms with van der Waals surface area (Å²) in [7, 11) is 3.04. The number of rotatable bonds is 8. The Morgan fingerprint density at radius 1 is 0.886 bits per heavy atom. The highest BCUT2D eigenvalue weighted by Crippen LogP contribution is 2.18. The Bertz CT molecular complexity index is 982. The van der Waals surface area contributed by atoms with Gasteiger partial charge in [-0.15, -0.1) is 0 Å². The van der Waals surface area contributed by atoms with E-state index >= 15 is 0 Å². The summed E-state index contributed by atoms with van der Waals surface area (Å²) in [5.41, 5.74) is 0.592. The van der Waals surface area contributed by atoms with Crippen LogP contribution < -0.4 is 14.2 Å². The molecule has 2 fully saturated rings. The zero-order chi connectivity index (χ0) is 24.6. The number of amides is 2. The third-order valence-electron chi connectivity index (χ3n) is 6.00. The quantitative estimate of drug-likeness (QED) is 0.534. The average Bonchev–Trinajstić information content (AvgIpc) is 2.92. The first-order chi connectivity index (χ1) is 17.1. The van der Waals surface area contributed by atoms with Gasteiger partial charge in [0.25, 0.3) is 5.91 Å². The molecule has 0 unspecified atom stereocenters. The monoisotopic (exact) mass is 485 g/mol. The Balaban J connectivity index is 1.25. The second kappa shape index (κ2) is 11.8. The van der Waals surface area contributed by atoms with Gasteiger partial charge in [-0.05, 0) is 24.3 Å². The molecule has 0 bridgehead atoms. The predicted molar refractivity (Wildman–Crippen MR) is 126 cm³/mol. The zero-order valence-corrected chi connectivity index (χ0v) is 20.1. The number of benzene rings is 1. The molecular weight excluding hydrogens is 454 g/mol. The lowest BCUT2D eigenvalue weighted by Crippen LogP contribution is -2.52. The maximum atomic E-state index is 12.9. The molecule has 4 rings (SSSR count). The summed E-state index contributed by atoms with van der Waals surface area (Å²) in [5.74, 6) is 1.90. The van der Waals surface area contributed by atoms with Crippen LogP contribution in [0.4, 0.5) is 0 Å². The van der Waals surface area contributed by atoms with Crippen molar-refractivity contribution in [1.29, 1.82) is 0 Å². The summed E-state index contributed by atoms with van der Waals surface area (Å²) in [6.07, 6.45) is 0. The number of carbonyl (C=O) groups is 2. The number of methoxy groups -OCH3 is 2. The van der Waals surface area contributed by atoms with Gasteiger partial charge in [0.05, 0.1) is 40.0 Å². The molecule has 2 amide bonds. The molecule has 35 heavy (non-hydrogen) atoms. The van der Waals surface area contributed by atoms with E-state index in [0.717, 1.165) is 0 Å². The topological polar surface area (TPSA) is 107 Å². The number of hydrogen-bond acceptors (Lipinski definition) is 9. The van der Waals surface area contributed by atoms with Crippen LogP contribution in [0.15, 0.2) is 30.3 Å². The third-order valence-corrected chi connectivity index (χ3v) is 6.00. The Morgan fingerprint density at radius 3 is 2.11 bits per heavy atom. The number of piperazine rings is 1. The molecule has 1 aromatic carbocycles. The lowest BCUT2D eigenvalue weighted by atomic mass is 10.1. The smallest absolute Gasteiger partial charge is 0.253 e. The van der Waals surface area contributed by atoms with E-state index in [2.05, 4.69) is 14.9 Å². The first-order valence-corrected chi connectivity index (χ1v) is 11.6. The largest absolute Gasteiger partial charge is 0.486 e. The maximum absolute atomic E-state index is 12.9. The summed E-state index contributed by atoms with van der Waals surface area (Å²) in [6.45, 7) is 5.53. The number of morpholine rings is 1. The summed E-state index contributed by atoms with van der Waals surface area (Å²) >= 11 is 0. The van der Waals surface area contributed by atoms with Crippen molar-refractivity contribution in [3.8, 4) is 17.5 Å². The Hall–Kier alpha value is -3.44. The fourth-order valence-electron chi connectivity index (χ4n) is 3.96. The van der Waals surface area contributed by atoms with Gasteiger partial charge in [-0.1, -0.05) is 0 Å². The van der Waals surface area contributed by atoms with Gasteiger partial charge in [0, 0.05) is 44.8 Å². The molecule has 2 saturated heterocycles. The fraction of sp³-hybridized carbons (Fsp3) is 0.500. The van der Waals surface area contributed by atoms with Crippen molar-refractivity contribution in [3.63, 3.8) is 0 Å².